The van der Waals surface area contributed by atoms with Gasteiger partial charge >= 0.3 is 0 Å². The van der Waals surface area contributed by atoms with Gasteiger partial charge in [0.2, 0.25) is 0 Å². The largest absolute Gasteiger partial charge is 0.467 e. The van der Waals surface area contributed by atoms with Gasteiger partial charge < -0.3 is 19.6 Å². The first-order valence-corrected chi connectivity index (χ1v) is 4.78. The number of rotatable bonds is 7. The zero-order valence-electron chi connectivity index (χ0n) is 8.44. The molecule has 14 heavy (non-hydrogen) atoms. The van der Waals surface area contributed by atoms with E-state index in [0.717, 1.165) is 5.76 Å². The summed E-state index contributed by atoms with van der Waals surface area (Å²) in [6.45, 7) is 4.05. The Bertz CT molecular complexity index is 223. The Balaban J connectivity index is 2.13. The highest BCUT2D eigenvalue weighted by Crippen LogP contribution is 2.02. The molecule has 1 aromatic heterocycles. The van der Waals surface area contributed by atoms with Gasteiger partial charge in [0.05, 0.1) is 19.0 Å². The van der Waals surface area contributed by atoms with Crippen LogP contribution in [0.4, 0.5) is 0 Å². The van der Waals surface area contributed by atoms with Gasteiger partial charge in [-0.1, -0.05) is 0 Å². The number of nitrogens with two attached hydrogens (primary N) is 1. The van der Waals surface area contributed by atoms with Crippen LogP contribution in [0.15, 0.2) is 22.8 Å². The lowest BCUT2D eigenvalue weighted by molar-refractivity contribution is -0.0156. The summed E-state index contributed by atoms with van der Waals surface area (Å²) in [5.41, 5.74) is 5.49. The van der Waals surface area contributed by atoms with Crippen molar-refractivity contribution in [3.05, 3.63) is 24.2 Å². The minimum atomic E-state index is -0.0186. The Morgan fingerprint density at radius 3 is 3.00 bits per heavy atom. The molecule has 0 fully saturated rings. The van der Waals surface area contributed by atoms with Crippen LogP contribution >= 0.6 is 0 Å². The summed E-state index contributed by atoms with van der Waals surface area (Å²) in [6.07, 6.45) is 1.61. The molecule has 1 unspecified atom stereocenters. The number of hydrogen-bond donors (Lipinski definition) is 1. The van der Waals surface area contributed by atoms with Gasteiger partial charge in [-0.05, 0) is 19.1 Å². The van der Waals surface area contributed by atoms with E-state index in [1.54, 1.807) is 6.26 Å². The number of furan rings is 1. The van der Waals surface area contributed by atoms with Crippen molar-refractivity contribution in [2.45, 2.75) is 19.6 Å². The van der Waals surface area contributed by atoms with Gasteiger partial charge in [-0.2, -0.15) is 0 Å². The average molecular weight is 199 g/mol. The SMILES string of the molecule is CCOC(CN)COCc1ccco1. The number of hydrogen-bond acceptors (Lipinski definition) is 4. The summed E-state index contributed by atoms with van der Waals surface area (Å²) < 4.78 is 15.8. The molecular weight excluding hydrogens is 182 g/mol. The van der Waals surface area contributed by atoms with Gasteiger partial charge in [-0.15, -0.1) is 0 Å². The van der Waals surface area contributed by atoms with Crippen molar-refractivity contribution in [3.63, 3.8) is 0 Å². The van der Waals surface area contributed by atoms with E-state index in [1.807, 2.05) is 19.1 Å². The highest BCUT2D eigenvalue weighted by atomic mass is 16.5. The van der Waals surface area contributed by atoms with Crippen LogP contribution in [0.2, 0.25) is 0 Å². The molecule has 1 heterocycles. The van der Waals surface area contributed by atoms with Crippen LogP contribution < -0.4 is 5.73 Å². The highest BCUT2D eigenvalue weighted by Gasteiger charge is 2.06. The lowest BCUT2D eigenvalue weighted by atomic mass is 10.4. The lowest BCUT2D eigenvalue weighted by Crippen LogP contribution is -2.28. The van der Waals surface area contributed by atoms with Crippen molar-refractivity contribution >= 4 is 0 Å². The molecule has 1 rings (SSSR count). The standard InChI is InChI=1S/C10H17NO3/c1-2-13-10(6-11)8-12-7-9-4-3-5-14-9/h3-5,10H,2,6-8,11H2,1H3. The van der Waals surface area contributed by atoms with E-state index in [4.69, 9.17) is 19.6 Å². The molecular formula is C10H17NO3. The fourth-order valence-corrected chi connectivity index (χ4v) is 1.11. The Morgan fingerprint density at radius 1 is 1.57 bits per heavy atom. The summed E-state index contributed by atoms with van der Waals surface area (Å²) >= 11 is 0. The van der Waals surface area contributed by atoms with Crippen LogP contribution in [-0.2, 0) is 16.1 Å². The molecule has 2 N–H and O–H groups in total. The van der Waals surface area contributed by atoms with Gasteiger partial charge in [0, 0.05) is 13.2 Å². The van der Waals surface area contributed by atoms with Gasteiger partial charge in [0.1, 0.15) is 12.4 Å². The molecule has 0 bridgehead atoms. The third kappa shape index (κ3) is 3.91. The fourth-order valence-electron chi connectivity index (χ4n) is 1.11. The van der Waals surface area contributed by atoms with Crippen molar-refractivity contribution in [2.24, 2.45) is 5.73 Å². The van der Waals surface area contributed by atoms with Crippen LogP contribution in [0.25, 0.3) is 0 Å². The van der Waals surface area contributed by atoms with Crippen LogP contribution in [0.5, 0.6) is 0 Å². The topological polar surface area (TPSA) is 57.6 Å². The Labute approximate surface area is 84.0 Å². The Morgan fingerprint density at radius 2 is 2.43 bits per heavy atom. The first-order valence-electron chi connectivity index (χ1n) is 4.78. The Hall–Kier alpha value is -0.840. The second-order valence-electron chi connectivity index (χ2n) is 2.91. The molecule has 4 nitrogen and oxygen atoms in total. The van der Waals surface area contributed by atoms with Crippen LogP contribution in [-0.4, -0.2) is 25.9 Å². The van der Waals surface area contributed by atoms with Crippen molar-refractivity contribution < 1.29 is 13.9 Å². The predicted octanol–water partition coefficient (Wildman–Crippen LogP) is 1.16. The average Bonchev–Trinajstić information content (AvgIpc) is 2.69. The molecule has 1 atom stereocenters. The van der Waals surface area contributed by atoms with Crippen LogP contribution in [0, 0.1) is 0 Å². The van der Waals surface area contributed by atoms with E-state index >= 15 is 0 Å². The van der Waals surface area contributed by atoms with E-state index < -0.39 is 0 Å². The zero-order chi connectivity index (χ0) is 10.2. The molecule has 0 aliphatic heterocycles. The van der Waals surface area contributed by atoms with Gasteiger partial charge in [0.15, 0.2) is 0 Å². The number of ether oxygens (including phenoxy) is 2. The fraction of sp³-hybridized carbons (Fsp3) is 0.600. The zero-order valence-corrected chi connectivity index (χ0v) is 8.44. The minimum absolute atomic E-state index is 0.0186. The Kier molecular flexibility index (Phi) is 5.29. The van der Waals surface area contributed by atoms with E-state index in [-0.39, 0.29) is 6.10 Å². The first-order chi connectivity index (χ1) is 6.86. The second-order valence-corrected chi connectivity index (χ2v) is 2.91. The molecule has 0 aliphatic carbocycles. The summed E-state index contributed by atoms with van der Waals surface area (Å²) in [5.74, 6) is 0.817. The van der Waals surface area contributed by atoms with E-state index in [2.05, 4.69) is 0 Å². The third-order valence-electron chi connectivity index (χ3n) is 1.79. The smallest absolute Gasteiger partial charge is 0.129 e. The van der Waals surface area contributed by atoms with Crippen LogP contribution in [0.1, 0.15) is 12.7 Å². The maximum atomic E-state index is 5.49. The minimum Gasteiger partial charge on any atom is -0.467 e. The second kappa shape index (κ2) is 6.59. The van der Waals surface area contributed by atoms with Crippen LogP contribution in [0.3, 0.4) is 0 Å². The molecule has 0 saturated heterocycles. The van der Waals surface area contributed by atoms with Gasteiger partial charge in [-0.3, -0.25) is 0 Å². The monoisotopic (exact) mass is 199 g/mol. The van der Waals surface area contributed by atoms with Gasteiger partial charge in [0.25, 0.3) is 0 Å². The predicted molar refractivity (Wildman–Crippen MR) is 52.8 cm³/mol. The van der Waals surface area contributed by atoms with E-state index in [0.29, 0.717) is 26.4 Å². The van der Waals surface area contributed by atoms with Crippen molar-refractivity contribution in [2.75, 3.05) is 19.8 Å². The normalized spacial score (nSPS) is 13.0. The lowest BCUT2D eigenvalue weighted by Gasteiger charge is -2.14. The maximum absolute atomic E-state index is 5.49. The quantitative estimate of drug-likeness (QED) is 0.716. The van der Waals surface area contributed by atoms with E-state index in [9.17, 15) is 0 Å². The molecule has 80 valence electrons. The van der Waals surface area contributed by atoms with Crippen molar-refractivity contribution in [1.29, 1.82) is 0 Å². The van der Waals surface area contributed by atoms with Crippen molar-refractivity contribution in [3.8, 4) is 0 Å². The van der Waals surface area contributed by atoms with Gasteiger partial charge in [-0.25, -0.2) is 0 Å². The maximum Gasteiger partial charge on any atom is 0.129 e. The summed E-state index contributed by atoms with van der Waals surface area (Å²) in [5, 5.41) is 0. The van der Waals surface area contributed by atoms with Crippen molar-refractivity contribution in [1.82, 2.24) is 0 Å². The molecule has 0 amide bonds. The molecule has 0 radical (unpaired) electrons. The highest BCUT2D eigenvalue weighted by molar-refractivity contribution is 4.96. The molecule has 0 spiro atoms. The molecule has 0 saturated carbocycles. The molecule has 0 aromatic carbocycles. The molecule has 1 aromatic rings. The molecule has 4 heteroatoms. The molecule has 0 aliphatic rings. The summed E-state index contributed by atoms with van der Waals surface area (Å²) in [7, 11) is 0. The summed E-state index contributed by atoms with van der Waals surface area (Å²) in [4.78, 5) is 0. The first kappa shape index (κ1) is 11.2. The summed E-state index contributed by atoms with van der Waals surface area (Å²) in [6, 6.07) is 3.71. The van der Waals surface area contributed by atoms with E-state index in [1.165, 1.54) is 0 Å². The third-order valence-corrected chi connectivity index (χ3v) is 1.79.